The standard InChI is InChI=1S/C43H39NO7/c1-2-48-41(45)24-22-33-25-32(21-23-40(33)49-27-30-13-5-3-6-14-30)26-39(42(46)50-28-31-15-7-4-8-16-31)44-43(47)51-29-38-36-19-11-9-17-34(36)35-18-10-12-20-37(35)38/h3-25,38-39H,2,26-29H2,1H3,(H,44,47)/b24-22+/t39-/m0/s1. The van der Waals surface area contributed by atoms with Gasteiger partial charge in [0.1, 0.15) is 31.6 Å². The minimum Gasteiger partial charge on any atom is -0.488 e. The highest BCUT2D eigenvalue weighted by molar-refractivity contribution is 5.88. The highest BCUT2D eigenvalue weighted by Gasteiger charge is 2.30. The third-order valence-corrected chi connectivity index (χ3v) is 8.58. The van der Waals surface area contributed by atoms with Gasteiger partial charge in [0.25, 0.3) is 0 Å². The molecule has 6 rings (SSSR count). The number of carbonyl (C=O) groups is 3. The van der Waals surface area contributed by atoms with E-state index in [2.05, 4.69) is 17.4 Å². The Balaban J connectivity index is 1.20. The lowest BCUT2D eigenvalue weighted by atomic mass is 9.98. The lowest BCUT2D eigenvalue weighted by molar-refractivity contribution is -0.147. The van der Waals surface area contributed by atoms with Crippen LogP contribution in [0.2, 0.25) is 0 Å². The SMILES string of the molecule is CCOC(=O)/C=C/c1cc(C[C@H](NC(=O)OCC2c3ccccc3-c3ccccc32)C(=O)OCc2ccccc2)ccc1OCc1ccccc1. The van der Waals surface area contributed by atoms with Gasteiger partial charge in [0.05, 0.1) is 6.61 Å². The van der Waals surface area contributed by atoms with Crippen molar-refractivity contribution in [2.75, 3.05) is 13.2 Å². The Morgan fingerprint density at radius 2 is 1.29 bits per heavy atom. The lowest BCUT2D eigenvalue weighted by Gasteiger charge is -2.20. The first-order chi connectivity index (χ1) is 25.0. The van der Waals surface area contributed by atoms with Crippen LogP contribution in [0.1, 0.15) is 46.2 Å². The van der Waals surface area contributed by atoms with Crippen LogP contribution in [0, 0.1) is 0 Å². The molecule has 51 heavy (non-hydrogen) atoms. The van der Waals surface area contributed by atoms with Crippen molar-refractivity contribution in [2.24, 2.45) is 0 Å². The molecule has 5 aromatic carbocycles. The molecule has 1 atom stereocenters. The highest BCUT2D eigenvalue weighted by Crippen LogP contribution is 2.44. The van der Waals surface area contributed by atoms with Gasteiger partial charge >= 0.3 is 18.0 Å². The second-order valence-electron chi connectivity index (χ2n) is 12.1. The van der Waals surface area contributed by atoms with Crippen molar-refractivity contribution in [1.29, 1.82) is 0 Å². The van der Waals surface area contributed by atoms with Crippen molar-refractivity contribution in [3.8, 4) is 16.9 Å². The van der Waals surface area contributed by atoms with Crippen molar-refractivity contribution < 1.29 is 33.3 Å². The summed E-state index contributed by atoms with van der Waals surface area (Å²) in [6, 6.07) is 39.6. The fourth-order valence-electron chi connectivity index (χ4n) is 6.11. The third kappa shape index (κ3) is 9.10. The van der Waals surface area contributed by atoms with E-state index in [1.807, 2.05) is 109 Å². The molecule has 0 heterocycles. The molecule has 258 valence electrons. The minimum atomic E-state index is -1.07. The zero-order valence-corrected chi connectivity index (χ0v) is 28.3. The quantitative estimate of drug-likeness (QED) is 0.0720. The monoisotopic (exact) mass is 681 g/mol. The van der Waals surface area contributed by atoms with Crippen LogP contribution in [-0.4, -0.2) is 37.3 Å². The maximum absolute atomic E-state index is 13.5. The second-order valence-corrected chi connectivity index (χ2v) is 12.1. The summed E-state index contributed by atoms with van der Waals surface area (Å²) >= 11 is 0. The summed E-state index contributed by atoms with van der Waals surface area (Å²) in [5, 5.41) is 2.76. The predicted molar refractivity (Wildman–Crippen MR) is 195 cm³/mol. The maximum Gasteiger partial charge on any atom is 0.407 e. The van der Waals surface area contributed by atoms with Gasteiger partial charge in [0.2, 0.25) is 0 Å². The normalized spacial score (nSPS) is 12.4. The molecule has 0 saturated heterocycles. The number of amides is 1. The first kappa shape index (κ1) is 34.7. The maximum atomic E-state index is 13.5. The zero-order valence-electron chi connectivity index (χ0n) is 28.3. The van der Waals surface area contributed by atoms with E-state index in [9.17, 15) is 14.4 Å². The van der Waals surface area contributed by atoms with Crippen molar-refractivity contribution >= 4 is 24.1 Å². The summed E-state index contributed by atoms with van der Waals surface area (Å²) in [5.74, 6) is -0.698. The van der Waals surface area contributed by atoms with E-state index >= 15 is 0 Å². The molecule has 0 saturated carbocycles. The minimum absolute atomic E-state index is 0.0440. The molecule has 5 aromatic rings. The van der Waals surface area contributed by atoms with Gasteiger partial charge < -0.3 is 24.3 Å². The molecular formula is C43H39NO7. The van der Waals surface area contributed by atoms with Crippen molar-refractivity contribution in [1.82, 2.24) is 5.32 Å². The fraction of sp³-hybridized carbons (Fsp3) is 0.186. The summed E-state index contributed by atoms with van der Waals surface area (Å²) in [4.78, 5) is 39.1. The number of hydrogen-bond donors (Lipinski definition) is 1. The summed E-state index contributed by atoms with van der Waals surface area (Å²) < 4.78 is 22.7. The Labute approximate surface area is 297 Å². The van der Waals surface area contributed by atoms with Gasteiger partial charge in [-0.05, 0) is 64.1 Å². The number of benzene rings is 5. The van der Waals surface area contributed by atoms with Gasteiger partial charge in [-0.1, -0.05) is 115 Å². The van der Waals surface area contributed by atoms with Crippen LogP contribution >= 0.6 is 0 Å². The van der Waals surface area contributed by atoms with E-state index in [4.69, 9.17) is 18.9 Å². The Morgan fingerprint density at radius 3 is 1.94 bits per heavy atom. The first-order valence-corrected chi connectivity index (χ1v) is 16.9. The van der Waals surface area contributed by atoms with Gasteiger partial charge in [-0.25, -0.2) is 14.4 Å². The number of fused-ring (bicyclic) bond motifs is 3. The zero-order chi connectivity index (χ0) is 35.4. The number of ether oxygens (including phenoxy) is 4. The van der Waals surface area contributed by atoms with Crippen LogP contribution in [0.15, 0.2) is 133 Å². The molecule has 0 unspecified atom stereocenters. The summed E-state index contributed by atoms with van der Waals surface area (Å²) in [5.41, 5.74) is 7.52. The molecule has 8 heteroatoms. The van der Waals surface area contributed by atoms with Gasteiger partial charge in [-0.3, -0.25) is 0 Å². The van der Waals surface area contributed by atoms with Gasteiger partial charge in [0.15, 0.2) is 0 Å². The van der Waals surface area contributed by atoms with E-state index < -0.39 is 24.1 Å². The van der Waals surface area contributed by atoms with Crippen LogP contribution in [0.5, 0.6) is 5.75 Å². The topological polar surface area (TPSA) is 100 Å². The van der Waals surface area contributed by atoms with Crippen molar-refractivity contribution in [3.05, 3.63) is 167 Å². The number of nitrogens with one attached hydrogen (secondary N) is 1. The molecular weight excluding hydrogens is 642 g/mol. The predicted octanol–water partition coefficient (Wildman–Crippen LogP) is 8.04. The van der Waals surface area contributed by atoms with Gasteiger partial charge in [-0.2, -0.15) is 0 Å². The molecule has 0 bridgehead atoms. The van der Waals surface area contributed by atoms with E-state index in [1.54, 1.807) is 19.1 Å². The van der Waals surface area contributed by atoms with E-state index in [0.29, 0.717) is 23.5 Å². The molecule has 1 aliphatic carbocycles. The largest absolute Gasteiger partial charge is 0.488 e. The van der Waals surface area contributed by atoms with Gasteiger partial charge in [-0.15, -0.1) is 0 Å². The van der Waals surface area contributed by atoms with Crippen LogP contribution in [0.4, 0.5) is 4.79 Å². The van der Waals surface area contributed by atoms with E-state index in [-0.39, 0.29) is 32.2 Å². The molecule has 8 nitrogen and oxygen atoms in total. The lowest BCUT2D eigenvalue weighted by Crippen LogP contribution is -2.43. The second kappa shape index (κ2) is 17.0. The first-order valence-electron chi connectivity index (χ1n) is 16.9. The third-order valence-electron chi connectivity index (χ3n) is 8.58. The highest BCUT2D eigenvalue weighted by atomic mass is 16.6. The number of alkyl carbamates (subject to hydrolysis) is 1. The summed E-state index contributed by atoms with van der Waals surface area (Å²) in [6.07, 6.45) is 2.31. The van der Waals surface area contributed by atoms with Gasteiger partial charge in [0, 0.05) is 24.0 Å². The summed E-state index contributed by atoms with van der Waals surface area (Å²) in [7, 11) is 0. The molecule has 0 aliphatic heterocycles. The number of esters is 2. The Hall–Kier alpha value is -6.15. The molecule has 0 spiro atoms. The molecule has 0 fully saturated rings. The van der Waals surface area contributed by atoms with Crippen molar-refractivity contribution in [2.45, 2.75) is 38.5 Å². The Kier molecular flexibility index (Phi) is 11.6. The Bertz CT molecular complexity index is 1950. The average molecular weight is 682 g/mol. The van der Waals surface area contributed by atoms with E-state index in [1.165, 1.54) is 6.08 Å². The van der Waals surface area contributed by atoms with Crippen LogP contribution < -0.4 is 10.1 Å². The smallest absolute Gasteiger partial charge is 0.407 e. The van der Waals surface area contributed by atoms with Crippen LogP contribution in [0.25, 0.3) is 17.2 Å². The van der Waals surface area contributed by atoms with Crippen molar-refractivity contribution in [3.63, 3.8) is 0 Å². The molecule has 1 amide bonds. The fourth-order valence-corrected chi connectivity index (χ4v) is 6.11. The number of carbonyl (C=O) groups excluding carboxylic acids is 3. The molecule has 0 radical (unpaired) electrons. The Morgan fingerprint density at radius 1 is 0.686 bits per heavy atom. The van der Waals surface area contributed by atoms with E-state index in [0.717, 1.165) is 33.4 Å². The van der Waals surface area contributed by atoms with Crippen LogP contribution in [-0.2, 0) is 43.4 Å². The molecule has 1 aliphatic rings. The number of rotatable bonds is 14. The molecule has 0 aromatic heterocycles. The van der Waals surface area contributed by atoms with Crippen LogP contribution in [0.3, 0.4) is 0 Å². The summed E-state index contributed by atoms with van der Waals surface area (Å²) in [6.45, 7) is 2.44. The molecule has 1 N–H and O–H groups in total. The number of hydrogen-bond acceptors (Lipinski definition) is 7. The average Bonchev–Trinajstić information content (AvgIpc) is 3.49.